The molecule has 0 aromatic heterocycles. The Hall–Kier alpha value is -2.85. The molecule has 0 heterocycles. The Morgan fingerprint density at radius 2 is 1.66 bits per heavy atom. The molecule has 5 heteroatoms. The molecule has 3 aromatic rings. The minimum Gasteiger partial charge on any atom is -0.463 e. The lowest BCUT2D eigenvalue weighted by atomic mass is 9.78. The molecule has 3 aromatic carbocycles. The van der Waals surface area contributed by atoms with Crippen molar-refractivity contribution in [2.75, 3.05) is 5.32 Å². The van der Waals surface area contributed by atoms with Gasteiger partial charge in [-0.2, -0.15) is 0 Å². The molecule has 0 aliphatic heterocycles. The van der Waals surface area contributed by atoms with Crippen molar-refractivity contribution in [3.8, 4) is 0 Å². The van der Waals surface area contributed by atoms with Gasteiger partial charge in [0.15, 0.2) is 0 Å². The van der Waals surface area contributed by atoms with E-state index < -0.39 is 0 Å². The van der Waals surface area contributed by atoms with Crippen LogP contribution in [0.3, 0.4) is 0 Å². The molecule has 0 spiro atoms. The highest BCUT2D eigenvalue weighted by Gasteiger charge is 2.28. The lowest BCUT2D eigenvalue weighted by molar-refractivity contribution is -0.153. The number of hydrogen-bond acceptors (Lipinski definition) is 3. The molecule has 0 radical (unpaired) electrons. The number of esters is 1. The van der Waals surface area contributed by atoms with E-state index >= 15 is 0 Å². The molecule has 32 heavy (non-hydrogen) atoms. The van der Waals surface area contributed by atoms with E-state index in [0.717, 1.165) is 42.0 Å². The zero-order valence-electron chi connectivity index (χ0n) is 18.4. The summed E-state index contributed by atoms with van der Waals surface area (Å²) in [6, 6.07) is 19.4. The molecule has 4 rings (SSSR count). The highest BCUT2D eigenvalue weighted by Crippen LogP contribution is 2.38. The van der Waals surface area contributed by atoms with Crippen molar-refractivity contribution in [3.63, 3.8) is 0 Å². The number of amides is 1. The number of benzene rings is 3. The van der Waals surface area contributed by atoms with Gasteiger partial charge in [-0.25, -0.2) is 0 Å². The summed E-state index contributed by atoms with van der Waals surface area (Å²) in [5, 5.41) is 5.57. The van der Waals surface area contributed by atoms with Gasteiger partial charge in [0, 0.05) is 5.56 Å². The fourth-order valence-corrected chi connectivity index (χ4v) is 4.64. The van der Waals surface area contributed by atoms with Crippen molar-refractivity contribution < 1.29 is 14.3 Å². The number of ether oxygens (including phenoxy) is 1. The molecule has 1 amide bonds. The summed E-state index contributed by atoms with van der Waals surface area (Å²) in [7, 11) is 0. The largest absolute Gasteiger partial charge is 0.463 e. The predicted octanol–water partition coefficient (Wildman–Crippen LogP) is 6.97. The maximum absolute atomic E-state index is 12.8. The van der Waals surface area contributed by atoms with Gasteiger partial charge in [0.2, 0.25) is 0 Å². The van der Waals surface area contributed by atoms with Crippen LogP contribution in [-0.2, 0) is 9.53 Å². The molecule has 1 saturated carbocycles. The van der Waals surface area contributed by atoms with Gasteiger partial charge in [0.1, 0.15) is 0 Å². The second-order valence-electron chi connectivity index (χ2n) is 8.79. The van der Waals surface area contributed by atoms with E-state index in [9.17, 15) is 9.59 Å². The number of anilines is 1. The number of rotatable bonds is 5. The first kappa shape index (κ1) is 22.3. The van der Waals surface area contributed by atoms with Gasteiger partial charge >= 0.3 is 5.97 Å². The first-order valence-electron chi connectivity index (χ1n) is 11.2. The quantitative estimate of drug-likeness (QED) is 0.428. The Balaban J connectivity index is 1.40. The van der Waals surface area contributed by atoms with Crippen molar-refractivity contribution in [2.45, 2.75) is 51.6 Å². The zero-order chi connectivity index (χ0) is 22.7. The van der Waals surface area contributed by atoms with E-state index in [1.54, 1.807) is 0 Å². The molecule has 166 valence electrons. The van der Waals surface area contributed by atoms with Crippen LogP contribution in [0.5, 0.6) is 0 Å². The topological polar surface area (TPSA) is 55.4 Å². The average Bonchev–Trinajstić information content (AvgIpc) is 2.79. The molecule has 1 aliphatic rings. The van der Waals surface area contributed by atoms with Crippen molar-refractivity contribution in [1.29, 1.82) is 0 Å². The normalized spacial score (nSPS) is 18.5. The lowest BCUT2D eigenvalue weighted by Gasteiger charge is -2.28. The first-order chi connectivity index (χ1) is 15.4. The summed E-state index contributed by atoms with van der Waals surface area (Å²) in [6.45, 7) is 3.76. The molecule has 1 fully saturated rings. The molecular weight excluding hydrogens is 422 g/mol. The summed E-state index contributed by atoms with van der Waals surface area (Å²) < 4.78 is 5.36. The lowest BCUT2D eigenvalue weighted by Crippen LogP contribution is -2.25. The van der Waals surface area contributed by atoms with E-state index in [-0.39, 0.29) is 23.9 Å². The molecule has 0 atom stereocenters. The molecule has 0 saturated heterocycles. The van der Waals surface area contributed by atoms with Gasteiger partial charge in [0.05, 0.1) is 22.7 Å². The van der Waals surface area contributed by atoms with Crippen LogP contribution in [0.2, 0.25) is 5.02 Å². The van der Waals surface area contributed by atoms with E-state index in [1.807, 2.05) is 74.5 Å². The minimum atomic E-state index is -0.186. The van der Waals surface area contributed by atoms with Crippen molar-refractivity contribution in [1.82, 2.24) is 0 Å². The minimum absolute atomic E-state index is 0.00960. The Labute approximate surface area is 193 Å². The SMILES string of the molecule is CC(C)OC(=O)[C@H]1CC[C@H](c2ccc(NC(=O)c3ccc4ccccc4c3)c(Cl)c2)CC1. The van der Waals surface area contributed by atoms with Gasteiger partial charge in [-0.1, -0.05) is 48.0 Å². The number of hydrogen-bond donors (Lipinski definition) is 1. The first-order valence-corrected chi connectivity index (χ1v) is 11.6. The van der Waals surface area contributed by atoms with Crippen LogP contribution in [0, 0.1) is 5.92 Å². The number of carbonyl (C=O) groups is 2. The summed E-state index contributed by atoms with van der Waals surface area (Å²) in [4.78, 5) is 24.9. The number of nitrogens with one attached hydrogen (secondary N) is 1. The van der Waals surface area contributed by atoms with E-state index in [0.29, 0.717) is 22.2 Å². The Bertz CT molecular complexity index is 1130. The summed E-state index contributed by atoms with van der Waals surface area (Å²) >= 11 is 6.52. The number of halogens is 1. The van der Waals surface area contributed by atoms with Gasteiger partial charge in [-0.3, -0.25) is 9.59 Å². The zero-order valence-corrected chi connectivity index (χ0v) is 19.2. The monoisotopic (exact) mass is 449 g/mol. The highest BCUT2D eigenvalue weighted by atomic mass is 35.5. The van der Waals surface area contributed by atoms with Crippen molar-refractivity contribution in [3.05, 3.63) is 76.8 Å². The van der Waals surface area contributed by atoms with E-state index in [1.165, 1.54) is 0 Å². The third-order valence-corrected chi connectivity index (χ3v) is 6.45. The highest BCUT2D eigenvalue weighted by molar-refractivity contribution is 6.34. The van der Waals surface area contributed by atoms with Crippen LogP contribution in [0.15, 0.2) is 60.7 Å². The van der Waals surface area contributed by atoms with Crippen LogP contribution >= 0.6 is 11.6 Å². The van der Waals surface area contributed by atoms with Crippen molar-refractivity contribution in [2.24, 2.45) is 5.92 Å². The van der Waals surface area contributed by atoms with Gasteiger partial charge in [0.25, 0.3) is 5.91 Å². The van der Waals surface area contributed by atoms with Gasteiger partial charge < -0.3 is 10.1 Å². The molecular formula is C27H28ClNO3. The van der Waals surface area contributed by atoms with E-state index in [2.05, 4.69) is 5.32 Å². The Kier molecular flexibility index (Phi) is 6.80. The molecule has 0 unspecified atom stereocenters. The third kappa shape index (κ3) is 5.13. The standard InChI is InChI=1S/C27H28ClNO3/c1-17(2)32-27(31)20-10-7-19(8-11-20)22-13-14-25(24(28)16-22)29-26(30)23-12-9-18-5-3-4-6-21(18)15-23/h3-6,9,12-17,19-20H,7-8,10-11H2,1-2H3,(H,29,30)/t19-,20-. The summed E-state index contributed by atoms with van der Waals surface area (Å²) in [6.07, 6.45) is 3.44. The molecule has 1 N–H and O–H groups in total. The Morgan fingerprint density at radius 3 is 2.34 bits per heavy atom. The predicted molar refractivity (Wildman–Crippen MR) is 129 cm³/mol. The van der Waals surface area contributed by atoms with Gasteiger partial charge in [-0.15, -0.1) is 0 Å². The maximum Gasteiger partial charge on any atom is 0.309 e. The van der Waals surface area contributed by atoms with E-state index in [4.69, 9.17) is 16.3 Å². The number of carbonyl (C=O) groups excluding carboxylic acids is 2. The second kappa shape index (κ2) is 9.74. The second-order valence-corrected chi connectivity index (χ2v) is 9.20. The Morgan fingerprint density at radius 1 is 0.938 bits per heavy atom. The average molecular weight is 450 g/mol. The summed E-state index contributed by atoms with van der Waals surface area (Å²) in [5.41, 5.74) is 2.34. The fraction of sp³-hybridized carbons (Fsp3) is 0.333. The molecule has 1 aliphatic carbocycles. The van der Waals surface area contributed by atoms with Crippen LogP contribution < -0.4 is 5.32 Å². The van der Waals surface area contributed by atoms with Crippen LogP contribution in [0.4, 0.5) is 5.69 Å². The van der Waals surface area contributed by atoms with Crippen LogP contribution in [0.1, 0.15) is 61.4 Å². The molecule has 4 nitrogen and oxygen atoms in total. The van der Waals surface area contributed by atoms with Crippen LogP contribution in [0.25, 0.3) is 10.8 Å². The molecule has 0 bridgehead atoms. The van der Waals surface area contributed by atoms with Crippen molar-refractivity contribution >= 4 is 39.9 Å². The number of fused-ring (bicyclic) bond motifs is 1. The van der Waals surface area contributed by atoms with Gasteiger partial charge in [-0.05, 0) is 86.1 Å². The van der Waals surface area contributed by atoms with Crippen LogP contribution in [-0.4, -0.2) is 18.0 Å². The fourth-order valence-electron chi connectivity index (χ4n) is 4.40. The maximum atomic E-state index is 12.8. The third-order valence-electron chi connectivity index (χ3n) is 6.14. The smallest absolute Gasteiger partial charge is 0.309 e. The summed E-state index contributed by atoms with van der Waals surface area (Å²) in [5.74, 6) is 0.0864.